The van der Waals surface area contributed by atoms with E-state index < -0.39 is 70.5 Å². The summed E-state index contributed by atoms with van der Waals surface area (Å²) in [6, 6.07) is 6.13. The Bertz CT molecular complexity index is 1340. The Labute approximate surface area is 216 Å². The number of ketones is 1. The Morgan fingerprint density at radius 2 is 0.895 bits per heavy atom. The fourth-order valence-electron chi connectivity index (χ4n) is 2.97. The number of hydrogen-bond donors (Lipinski definition) is 0. The molecule has 0 heterocycles. The highest BCUT2D eigenvalue weighted by Crippen LogP contribution is 2.37. The first kappa shape index (κ1) is 31.4. The molecule has 38 heavy (non-hydrogen) atoms. The van der Waals surface area contributed by atoms with Gasteiger partial charge in [-0.2, -0.15) is 43.2 Å². The van der Waals surface area contributed by atoms with Gasteiger partial charge in [0.05, 0.1) is 11.1 Å². The van der Waals surface area contributed by atoms with Gasteiger partial charge in [0, 0.05) is 0 Å². The van der Waals surface area contributed by atoms with Crippen molar-refractivity contribution in [3.8, 4) is 11.5 Å². The Hall–Kier alpha value is -2.81. The Kier molecular flexibility index (Phi) is 8.05. The maximum absolute atomic E-state index is 13.4. The summed E-state index contributed by atoms with van der Waals surface area (Å²) in [5.41, 5.74) is -14.4. The molecule has 0 aliphatic carbocycles. The van der Waals surface area contributed by atoms with E-state index in [1.54, 1.807) is 41.5 Å². The maximum Gasteiger partial charge on any atom is 0.534 e. The van der Waals surface area contributed by atoms with Gasteiger partial charge in [0.1, 0.15) is 0 Å². The molecule has 0 fully saturated rings. The van der Waals surface area contributed by atoms with Crippen LogP contribution in [0.2, 0.25) is 0 Å². The normalized spacial score (nSPS) is 13.8. The molecule has 0 aliphatic heterocycles. The standard InChI is InChI=1S/C23H24F6O7S2/c1-20(2,3)13-7-9-15(17(11-13)35-37(31,32)22(24,25)26)19(30)16-10-8-14(21(4,5)6)12-18(16)36-38(33,34)23(27,28)29/h7-12H,1-6H3. The third-order valence-corrected chi connectivity index (χ3v) is 7.08. The van der Waals surface area contributed by atoms with Crippen LogP contribution in [-0.2, 0) is 31.1 Å². The van der Waals surface area contributed by atoms with Crippen molar-refractivity contribution in [2.24, 2.45) is 0 Å². The third-order valence-electron chi connectivity index (χ3n) is 5.15. The van der Waals surface area contributed by atoms with Crippen LogP contribution in [0.4, 0.5) is 26.3 Å². The van der Waals surface area contributed by atoms with E-state index in [2.05, 4.69) is 8.37 Å². The zero-order chi connectivity index (χ0) is 29.7. The minimum absolute atomic E-state index is 0.251. The van der Waals surface area contributed by atoms with E-state index in [1.807, 2.05) is 0 Å². The molecule has 7 nitrogen and oxygen atoms in total. The van der Waals surface area contributed by atoms with Crippen molar-refractivity contribution in [1.29, 1.82) is 0 Å². The SMILES string of the molecule is CC(C)(C)c1ccc(C(=O)c2ccc(C(C)(C)C)cc2OS(=O)(=O)C(F)(F)F)c(OS(=O)(=O)C(F)(F)F)c1. The number of alkyl halides is 6. The van der Waals surface area contributed by atoms with E-state index in [-0.39, 0.29) is 11.1 Å². The summed E-state index contributed by atoms with van der Waals surface area (Å²) in [6.07, 6.45) is 0. The van der Waals surface area contributed by atoms with E-state index in [0.717, 1.165) is 24.3 Å². The molecule has 0 amide bonds. The van der Waals surface area contributed by atoms with E-state index in [1.165, 1.54) is 12.1 Å². The van der Waals surface area contributed by atoms with E-state index >= 15 is 0 Å². The molecular formula is C23H24F6O7S2. The van der Waals surface area contributed by atoms with Gasteiger partial charge < -0.3 is 8.37 Å². The summed E-state index contributed by atoms with van der Waals surface area (Å²) >= 11 is 0. The van der Waals surface area contributed by atoms with Gasteiger partial charge >= 0.3 is 31.3 Å². The maximum atomic E-state index is 13.4. The highest BCUT2D eigenvalue weighted by molar-refractivity contribution is 7.88. The fraction of sp³-hybridized carbons (Fsp3) is 0.435. The largest absolute Gasteiger partial charge is 0.534 e. The van der Waals surface area contributed by atoms with Crippen molar-refractivity contribution in [2.45, 2.75) is 63.4 Å². The second kappa shape index (κ2) is 9.74. The lowest BCUT2D eigenvalue weighted by Crippen LogP contribution is -2.29. The third kappa shape index (κ3) is 6.79. The number of rotatable bonds is 6. The molecule has 0 unspecified atom stereocenters. The lowest BCUT2D eigenvalue weighted by Gasteiger charge is -2.23. The quantitative estimate of drug-likeness (QED) is 0.177. The minimum Gasteiger partial charge on any atom is -0.375 e. The first-order chi connectivity index (χ1) is 16.8. The van der Waals surface area contributed by atoms with Crippen LogP contribution < -0.4 is 8.37 Å². The van der Waals surface area contributed by atoms with Crippen molar-refractivity contribution in [3.63, 3.8) is 0 Å². The zero-order valence-corrected chi connectivity index (χ0v) is 22.5. The number of halogens is 6. The average Bonchev–Trinajstić information content (AvgIpc) is 2.69. The van der Waals surface area contributed by atoms with Crippen molar-refractivity contribution in [1.82, 2.24) is 0 Å². The number of hydrogen-bond acceptors (Lipinski definition) is 7. The van der Waals surface area contributed by atoms with Crippen LogP contribution in [0.15, 0.2) is 36.4 Å². The van der Waals surface area contributed by atoms with Gasteiger partial charge in [-0.05, 0) is 46.2 Å². The van der Waals surface area contributed by atoms with Crippen LogP contribution in [-0.4, -0.2) is 33.6 Å². The smallest absolute Gasteiger partial charge is 0.375 e. The lowest BCUT2D eigenvalue weighted by atomic mass is 9.84. The van der Waals surface area contributed by atoms with Gasteiger partial charge in [-0.25, -0.2) is 0 Å². The van der Waals surface area contributed by atoms with Gasteiger partial charge in [-0.15, -0.1) is 0 Å². The van der Waals surface area contributed by atoms with E-state index in [0.29, 0.717) is 0 Å². The number of benzene rings is 2. The lowest BCUT2D eigenvalue weighted by molar-refractivity contribution is -0.0504. The first-order valence-corrected chi connectivity index (χ1v) is 13.4. The molecular weight excluding hydrogens is 566 g/mol. The monoisotopic (exact) mass is 590 g/mol. The van der Waals surface area contributed by atoms with Gasteiger partial charge in [-0.1, -0.05) is 53.7 Å². The van der Waals surface area contributed by atoms with Crippen molar-refractivity contribution in [2.75, 3.05) is 0 Å². The molecule has 0 radical (unpaired) electrons. The van der Waals surface area contributed by atoms with Crippen LogP contribution in [0.3, 0.4) is 0 Å². The molecule has 2 aromatic rings. The summed E-state index contributed by atoms with van der Waals surface area (Å²) in [5.74, 6) is -3.49. The summed E-state index contributed by atoms with van der Waals surface area (Å²) < 4.78 is 134. The summed E-state index contributed by atoms with van der Waals surface area (Å²) in [7, 11) is -12.5. The molecule has 212 valence electrons. The summed E-state index contributed by atoms with van der Waals surface area (Å²) in [6.45, 7) is 9.78. The molecule has 0 aromatic heterocycles. The second-order valence-electron chi connectivity index (χ2n) is 10.2. The predicted octanol–water partition coefficient (Wildman–Crippen LogP) is 5.97. The molecule has 2 rings (SSSR count). The highest BCUT2D eigenvalue weighted by Gasteiger charge is 2.50. The zero-order valence-electron chi connectivity index (χ0n) is 20.9. The molecule has 0 atom stereocenters. The van der Waals surface area contributed by atoms with Crippen LogP contribution in [0.25, 0.3) is 0 Å². The van der Waals surface area contributed by atoms with Crippen molar-refractivity contribution in [3.05, 3.63) is 58.7 Å². The van der Waals surface area contributed by atoms with Crippen LogP contribution in [0, 0.1) is 0 Å². The predicted molar refractivity (Wildman–Crippen MR) is 125 cm³/mol. The summed E-state index contributed by atoms with van der Waals surface area (Å²) in [5, 5.41) is 0. The molecule has 0 N–H and O–H groups in total. The average molecular weight is 591 g/mol. The molecule has 0 spiro atoms. The molecule has 0 aliphatic rings. The minimum atomic E-state index is -6.26. The molecule has 0 saturated carbocycles. The molecule has 15 heteroatoms. The van der Waals surface area contributed by atoms with Crippen molar-refractivity contribution >= 4 is 26.0 Å². The molecule has 2 aromatic carbocycles. The summed E-state index contributed by atoms with van der Waals surface area (Å²) in [4.78, 5) is 13.4. The van der Waals surface area contributed by atoms with Crippen molar-refractivity contribution < 1.29 is 56.3 Å². The van der Waals surface area contributed by atoms with Crippen LogP contribution in [0.1, 0.15) is 68.6 Å². The van der Waals surface area contributed by atoms with Crippen LogP contribution in [0.5, 0.6) is 11.5 Å². The second-order valence-corrected chi connectivity index (χ2v) is 13.3. The van der Waals surface area contributed by atoms with Gasteiger partial charge in [0.2, 0.25) is 5.78 Å². The van der Waals surface area contributed by atoms with E-state index in [9.17, 15) is 48.0 Å². The van der Waals surface area contributed by atoms with Gasteiger partial charge in [0.25, 0.3) is 0 Å². The van der Waals surface area contributed by atoms with Crippen LogP contribution >= 0.6 is 0 Å². The number of carbonyl (C=O) groups is 1. The van der Waals surface area contributed by atoms with Gasteiger partial charge in [-0.3, -0.25) is 4.79 Å². The molecule has 0 bridgehead atoms. The Balaban J connectivity index is 2.82. The Morgan fingerprint density at radius 1 is 0.605 bits per heavy atom. The molecule has 0 saturated heterocycles. The highest BCUT2D eigenvalue weighted by atomic mass is 32.2. The van der Waals surface area contributed by atoms with E-state index in [4.69, 9.17) is 0 Å². The Morgan fingerprint density at radius 3 is 1.13 bits per heavy atom. The number of carbonyl (C=O) groups excluding carboxylic acids is 1. The topological polar surface area (TPSA) is 104 Å². The fourth-order valence-corrected chi connectivity index (χ4v) is 3.90. The first-order valence-electron chi connectivity index (χ1n) is 10.6. The van der Waals surface area contributed by atoms with Gasteiger partial charge in [0.15, 0.2) is 11.5 Å².